The Morgan fingerprint density at radius 1 is 1.21 bits per heavy atom. The van der Waals surface area contributed by atoms with Crippen molar-refractivity contribution in [2.24, 2.45) is 4.99 Å². The van der Waals surface area contributed by atoms with Crippen molar-refractivity contribution >= 4 is 29.9 Å². The van der Waals surface area contributed by atoms with E-state index < -0.39 is 6.10 Å². The third kappa shape index (κ3) is 7.75. The second-order valence-electron chi connectivity index (χ2n) is 7.52. The molecule has 0 radical (unpaired) electrons. The molecule has 1 heterocycles. The summed E-state index contributed by atoms with van der Waals surface area (Å²) in [6.45, 7) is 11.9. The molecule has 0 aliphatic carbocycles. The zero-order valence-corrected chi connectivity index (χ0v) is 19.7. The van der Waals surface area contributed by atoms with Gasteiger partial charge in [-0.2, -0.15) is 4.98 Å². The minimum Gasteiger partial charge on any atom is -0.386 e. The molecule has 7 nitrogen and oxygen atoms in total. The predicted molar refractivity (Wildman–Crippen MR) is 122 cm³/mol. The molecule has 1 aromatic heterocycles. The number of aromatic nitrogens is 2. The van der Waals surface area contributed by atoms with Gasteiger partial charge < -0.3 is 20.3 Å². The molecule has 2 aromatic rings. The highest BCUT2D eigenvalue weighted by Gasteiger charge is 2.14. The summed E-state index contributed by atoms with van der Waals surface area (Å²) in [4.78, 5) is 8.65. The fraction of sp³-hybridized carbons (Fsp3) is 0.550. The first-order chi connectivity index (χ1) is 12.8. The molecule has 0 aliphatic rings. The van der Waals surface area contributed by atoms with Crippen LogP contribution in [0.4, 0.5) is 0 Å². The minimum absolute atomic E-state index is 0. The molecule has 156 valence electrons. The van der Waals surface area contributed by atoms with Crippen LogP contribution in [0.1, 0.15) is 56.6 Å². The predicted octanol–water partition coefficient (Wildman–Crippen LogP) is 3.12. The molecule has 0 bridgehead atoms. The molecule has 28 heavy (non-hydrogen) atoms. The van der Waals surface area contributed by atoms with Crippen molar-refractivity contribution in [2.45, 2.75) is 52.6 Å². The van der Waals surface area contributed by atoms with E-state index in [4.69, 9.17) is 4.52 Å². The summed E-state index contributed by atoms with van der Waals surface area (Å²) in [7, 11) is 0. The van der Waals surface area contributed by atoms with E-state index >= 15 is 0 Å². The largest absolute Gasteiger partial charge is 0.386 e. The Morgan fingerprint density at radius 3 is 2.43 bits per heavy atom. The quantitative estimate of drug-likeness (QED) is 0.307. The van der Waals surface area contributed by atoms with Crippen molar-refractivity contribution in [3.05, 3.63) is 47.1 Å². The summed E-state index contributed by atoms with van der Waals surface area (Å²) in [6, 6.07) is 8.08. The lowest BCUT2D eigenvalue weighted by Gasteiger charge is -2.20. The van der Waals surface area contributed by atoms with Crippen molar-refractivity contribution in [1.82, 2.24) is 20.8 Å². The second-order valence-corrected chi connectivity index (χ2v) is 7.52. The first-order valence-corrected chi connectivity index (χ1v) is 9.39. The summed E-state index contributed by atoms with van der Waals surface area (Å²) >= 11 is 0. The van der Waals surface area contributed by atoms with Crippen LogP contribution in [-0.2, 0) is 11.8 Å². The molecule has 1 unspecified atom stereocenters. The smallest absolute Gasteiger partial charge is 0.228 e. The van der Waals surface area contributed by atoms with E-state index in [-0.39, 0.29) is 35.9 Å². The lowest BCUT2D eigenvalue weighted by molar-refractivity contribution is 0.187. The topological polar surface area (TPSA) is 95.6 Å². The van der Waals surface area contributed by atoms with Crippen LogP contribution < -0.4 is 10.6 Å². The van der Waals surface area contributed by atoms with E-state index in [1.807, 2.05) is 19.1 Å². The molecule has 1 aromatic carbocycles. The van der Waals surface area contributed by atoms with E-state index in [1.54, 1.807) is 6.92 Å². The number of aliphatic hydroxyl groups is 1. The SMILES string of the molecule is CCNC(=NCC(O)c1ccc(C(C)(C)C)cc1)NCCc1nc(C)no1.I. The zero-order valence-electron chi connectivity index (χ0n) is 17.3. The molecule has 1 atom stereocenters. The van der Waals surface area contributed by atoms with E-state index in [0.717, 1.165) is 12.1 Å². The van der Waals surface area contributed by atoms with Gasteiger partial charge in [-0.3, -0.25) is 4.99 Å². The van der Waals surface area contributed by atoms with Crippen LogP contribution in [0, 0.1) is 6.92 Å². The maximum atomic E-state index is 10.4. The summed E-state index contributed by atoms with van der Waals surface area (Å²) in [5.74, 6) is 1.88. The van der Waals surface area contributed by atoms with Crippen molar-refractivity contribution in [1.29, 1.82) is 0 Å². The van der Waals surface area contributed by atoms with Crippen LogP contribution >= 0.6 is 24.0 Å². The standard InChI is InChI=1S/C20H31N5O2.HI/c1-6-21-19(22-12-11-18-24-14(2)25-27-18)23-13-17(26)15-7-9-16(10-8-15)20(3,4)5;/h7-10,17,26H,6,11-13H2,1-5H3,(H2,21,22,23);1H. The molecule has 0 saturated carbocycles. The lowest BCUT2D eigenvalue weighted by Crippen LogP contribution is -2.38. The zero-order chi connectivity index (χ0) is 19.9. The molecular weight excluding hydrogens is 469 g/mol. The van der Waals surface area contributed by atoms with Crippen molar-refractivity contribution < 1.29 is 9.63 Å². The van der Waals surface area contributed by atoms with Gasteiger partial charge in [0.15, 0.2) is 11.8 Å². The van der Waals surface area contributed by atoms with E-state index in [2.05, 4.69) is 58.7 Å². The highest BCUT2D eigenvalue weighted by molar-refractivity contribution is 14.0. The summed E-state index contributed by atoms with van der Waals surface area (Å²) in [5.41, 5.74) is 2.21. The molecule has 8 heteroatoms. The Hall–Kier alpha value is -1.68. The number of nitrogens with one attached hydrogen (secondary N) is 2. The first kappa shape index (κ1) is 24.4. The monoisotopic (exact) mass is 501 g/mol. The van der Waals surface area contributed by atoms with Gasteiger partial charge in [0.1, 0.15) is 0 Å². The Kier molecular flexibility index (Phi) is 9.88. The molecule has 0 amide bonds. The average molecular weight is 501 g/mol. The maximum Gasteiger partial charge on any atom is 0.228 e. The number of guanidine groups is 1. The van der Waals surface area contributed by atoms with Gasteiger partial charge in [-0.05, 0) is 30.4 Å². The Labute approximate surface area is 184 Å². The minimum atomic E-state index is -0.645. The number of halogens is 1. The second kappa shape index (κ2) is 11.4. The number of aliphatic hydroxyl groups excluding tert-OH is 1. The number of aliphatic imine (C=N–C) groups is 1. The van der Waals surface area contributed by atoms with Crippen LogP contribution in [0.5, 0.6) is 0 Å². The molecule has 0 aliphatic heterocycles. The fourth-order valence-electron chi connectivity index (χ4n) is 2.56. The maximum absolute atomic E-state index is 10.4. The summed E-state index contributed by atoms with van der Waals surface area (Å²) < 4.78 is 5.09. The van der Waals surface area contributed by atoms with Gasteiger partial charge in [-0.25, -0.2) is 0 Å². The van der Waals surface area contributed by atoms with E-state index in [9.17, 15) is 5.11 Å². The van der Waals surface area contributed by atoms with Crippen LogP contribution in [0.2, 0.25) is 0 Å². The van der Waals surface area contributed by atoms with Gasteiger partial charge in [0.2, 0.25) is 5.89 Å². The number of hydrogen-bond acceptors (Lipinski definition) is 5. The first-order valence-electron chi connectivity index (χ1n) is 9.39. The number of rotatable bonds is 7. The van der Waals surface area contributed by atoms with Gasteiger partial charge >= 0.3 is 0 Å². The van der Waals surface area contributed by atoms with Crippen LogP contribution in [-0.4, -0.2) is 40.8 Å². The normalized spacial score (nSPS) is 13.0. The van der Waals surface area contributed by atoms with Gasteiger partial charge in [-0.1, -0.05) is 50.2 Å². The van der Waals surface area contributed by atoms with Gasteiger partial charge in [0.25, 0.3) is 0 Å². The number of hydrogen-bond donors (Lipinski definition) is 3. The molecule has 2 rings (SSSR count). The van der Waals surface area contributed by atoms with Crippen molar-refractivity contribution in [2.75, 3.05) is 19.6 Å². The van der Waals surface area contributed by atoms with Crippen LogP contribution in [0.25, 0.3) is 0 Å². The Morgan fingerprint density at radius 2 is 1.89 bits per heavy atom. The third-order valence-electron chi connectivity index (χ3n) is 4.13. The van der Waals surface area contributed by atoms with E-state index in [1.165, 1.54) is 5.56 Å². The van der Waals surface area contributed by atoms with Crippen molar-refractivity contribution in [3.63, 3.8) is 0 Å². The average Bonchev–Trinajstić information content (AvgIpc) is 3.04. The highest BCUT2D eigenvalue weighted by atomic mass is 127. The lowest BCUT2D eigenvalue weighted by atomic mass is 9.86. The van der Waals surface area contributed by atoms with Crippen molar-refractivity contribution in [3.8, 4) is 0 Å². The molecule has 0 fully saturated rings. The molecular formula is C20H32IN5O2. The van der Waals surface area contributed by atoms with Crippen LogP contribution in [0.15, 0.2) is 33.8 Å². The Balaban J connectivity index is 0.00000392. The van der Waals surface area contributed by atoms with Gasteiger partial charge in [0, 0.05) is 19.5 Å². The highest BCUT2D eigenvalue weighted by Crippen LogP contribution is 2.24. The molecule has 3 N–H and O–H groups in total. The summed E-state index contributed by atoms with van der Waals surface area (Å²) in [6.07, 6.45) is -0.0321. The van der Waals surface area contributed by atoms with Gasteiger partial charge in [-0.15, -0.1) is 24.0 Å². The van der Waals surface area contributed by atoms with Crippen LogP contribution in [0.3, 0.4) is 0 Å². The Bertz CT molecular complexity index is 738. The number of benzene rings is 1. The van der Waals surface area contributed by atoms with Gasteiger partial charge in [0.05, 0.1) is 12.6 Å². The third-order valence-corrected chi connectivity index (χ3v) is 4.13. The van der Waals surface area contributed by atoms with E-state index in [0.29, 0.717) is 30.6 Å². The summed E-state index contributed by atoms with van der Waals surface area (Å²) in [5, 5.41) is 20.6. The number of nitrogens with zero attached hydrogens (tertiary/aromatic N) is 3. The number of aryl methyl sites for hydroxylation is 1. The molecule has 0 saturated heterocycles. The fourth-order valence-corrected chi connectivity index (χ4v) is 2.56. The molecule has 0 spiro atoms.